The SMILES string of the molecule is O=C(N[C@H]1COc2ccc(Cl)cc2C1)c1cc2n(n1)CCC(C(=O)O)O2. The van der Waals surface area contributed by atoms with Crippen molar-refractivity contribution < 1.29 is 24.2 Å². The van der Waals surface area contributed by atoms with Gasteiger partial charge in [0.1, 0.15) is 12.4 Å². The lowest BCUT2D eigenvalue weighted by Crippen LogP contribution is -2.42. The van der Waals surface area contributed by atoms with Gasteiger partial charge in [-0.2, -0.15) is 5.10 Å². The Morgan fingerprint density at radius 1 is 1.35 bits per heavy atom. The van der Waals surface area contributed by atoms with Gasteiger partial charge in [-0.05, 0) is 30.2 Å². The molecule has 0 saturated heterocycles. The van der Waals surface area contributed by atoms with Gasteiger partial charge in [0.2, 0.25) is 5.88 Å². The van der Waals surface area contributed by atoms with Gasteiger partial charge < -0.3 is 19.9 Å². The molecule has 0 bridgehead atoms. The quantitative estimate of drug-likeness (QED) is 0.840. The van der Waals surface area contributed by atoms with Crippen molar-refractivity contribution in [3.63, 3.8) is 0 Å². The predicted octanol–water partition coefficient (Wildman–Crippen LogP) is 1.51. The summed E-state index contributed by atoms with van der Waals surface area (Å²) in [6, 6.07) is 6.65. The van der Waals surface area contributed by atoms with Gasteiger partial charge in [-0.1, -0.05) is 11.6 Å². The number of carbonyl (C=O) groups excluding carboxylic acids is 1. The second-order valence-corrected chi connectivity index (χ2v) is 6.70. The van der Waals surface area contributed by atoms with E-state index >= 15 is 0 Å². The highest BCUT2D eigenvalue weighted by Gasteiger charge is 2.29. The minimum absolute atomic E-state index is 0.183. The third-order valence-electron chi connectivity index (χ3n) is 4.38. The Bertz CT molecular complexity index is 881. The van der Waals surface area contributed by atoms with Crippen molar-refractivity contribution in [2.75, 3.05) is 6.61 Å². The Morgan fingerprint density at radius 3 is 3.00 bits per heavy atom. The van der Waals surface area contributed by atoms with Crippen LogP contribution < -0.4 is 14.8 Å². The predicted molar refractivity (Wildman–Crippen MR) is 90.8 cm³/mol. The first-order chi connectivity index (χ1) is 12.5. The minimum atomic E-state index is -1.03. The molecule has 2 aliphatic heterocycles. The van der Waals surface area contributed by atoms with Crippen molar-refractivity contribution in [3.05, 3.63) is 40.5 Å². The van der Waals surface area contributed by atoms with Crippen LogP contribution in [0, 0.1) is 0 Å². The number of carbonyl (C=O) groups is 2. The number of hydrogen-bond donors (Lipinski definition) is 2. The summed E-state index contributed by atoms with van der Waals surface area (Å²) in [7, 11) is 0. The lowest BCUT2D eigenvalue weighted by Gasteiger charge is -2.25. The number of nitrogens with one attached hydrogen (secondary N) is 1. The maximum atomic E-state index is 12.5. The molecule has 8 nitrogen and oxygen atoms in total. The first-order valence-electron chi connectivity index (χ1n) is 8.19. The van der Waals surface area contributed by atoms with Crippen LogP contribution >= 0.6 is 11.6 Å². The Morgan fingerprint density at radius 2 is 2.19 bits per heavy atom. The topological polar surface area (TPSA) is 103 Å². The van der Waals surface area contributed by atoms with Crippen molar-refractivity contribution in [2.24, 2.45) is 0 Å². The second kappa shape index (κ2) is 6.53. The van der Waals surface area contributed by atoms with Gasteiger partial charge in [-0.25, -0.2) is 9.48 Å². The van der Waals surface area contributed by atoms with E-state index in [0.717, 1.165) is 11.3 Å². The summed E-state index contributed by atoms with van der Waals surface area (Å²) in [6.45, 7) is 0.740. The Kier molecular flexibility index (Phi) is 4.20. The number of rotatable bonds is 3. The molecular formula is C17H16ClN3O5. The number of aromatic nitrogens is 2. The van der Waals surface area contributed by atoms with E-state index in [-0.39, 0.29) is 23.5 Å². The van der Waals surface area contributed by atoms with E-state index in [4.69, 9.17) is 26.2 Å². The van der Waals surface area contributed by atoms with Gasteiger partial charge >= 0.3 is 5.97 Å². The van der Waals surface area contributed by atoms with Gasteiger partial charge in [0.25, 0.3) is 5.91 Å². The summed E-state index contributed by atoms with van der Waals surface area (Å²) in [5.41, 5.74) is 1.12. The average Bonchev–Trinajstić information content (AvgIpc) is 3.04. The van der Waals surface area contributed by atoms with Gasteiger partial charge in [0, 0.05) is 24.1 Å². The fourth-order valence-electron chi connectivity index (χ4n) is 3.10. The largest absolute Gasteiger partial charge is 0.491 e. The molecule has 2 aromatic rings. The molecule has 1 aromatic heterocycles. The molecule has 0 spiro atoms. The van der Waals surface area contributed by atoms with Gasteiger partial charge in [0.15, 0.2) is 11.8 Å². The zero-order chi connectivity index (χ0) is 18.3. The number of nitrogens with zero attached hydrogens (tertiary/aromatic N) is 2. The van der Waals surface area contributed by atoms with Crippen molar-refractivity contribution in [3.8, 4) is 11.6 Å². The number of fused-ring (bicyclic) bond motifs is 2. The summed E-state index contributed by atoms with van der Waals surface area (Å²) in [6.07, 6.45) is -0.00519. The molecule has 1 amide bonds. The standard InChI is InChI=1S/C17H16ClN3O5/c18-10-1-2-13-9(5-10)6-11(8-25-13)19-16(22)12-7-15-21(20-12)4-3-14(26-15)17(23)24/h1-2,5,7,11,14H,3-4,6,8H2,(H,19,22)(H,23,24)/t11-,14?/m1/s1. The summed E-state index contributed by atoms with van der Waals surface area (Å²) in [5, 5.41) is 16.7. The monoisotopic (exact) mass is 377 g/mol. The van der Waals surface area contributed by atoms with Crippen LogP contribution in [0.15, 0.2) is 24.3 Å². The van der Waals surface area contributed by atoms with Gasteiger partial charge in [0.05, 0.1) is 6.04 Å². The fraction of sp³-hybridized carbons (Fsp3) is 0.353. The molecule has 0 saturated carbocycles. The van der Waals surface area contributed by atoms with Gasteiger partial charge in [-0.15, -0.1) is 0 Å². The Balaban J connectivity index is 1.44. The van der Waals surface area contributed by atoms with Crippen molar-refractivity contribution in [1.29, 1.82) is 0 Å². The summed E-state index contributed by atoms with van der Waals surface area (Å²) in [4.78, 5) is 23.5. The van der Waals surface area contributed by atoms with E-state index in [1.165, 1.54) is 10.7 Å². The number of amides is 1. The highest BCUT2D eigenvalue weighted by atomic mass is 35.5. The smallest absolute Gasteiger partial charge is 0.345 e. The summed E-state index contributed by atoms with van der Waals surface area (Å²) < 4.78 is 12.5. The van der Waals surface area contributed by atoms with Crippen LogP contribution in [0.25, 0.3) is 0 Å². The molecule has 2 atom stereocenters. The second-order valence-electron chi connectivity index (χ2n) is 6.26. The van der Waals surface area contributed by atoms with Crippen molar-refractivity contribution >= 4 is 23.5 Å². The summed E-state index contributed by atoms with van der Waals surface area (Å²) in [5.74, 6) is -0.335. The highest BCUT2D eigenvalue weighted by molar-refractivity contribution is 6.30. The molecule has 26 heavy (non-hydrogen) atoms. The maximum absolute atomic E-state index is 12.5. The van der Waals surface area contributed by atoms with E-state index in [1.807, 2.05) is 12.1 Å². The fourth-order valence-corrected chi connectivity index (χ4v) is 3.29. The normalized spacial score (nSPS) is 21.0. The molecule has 136 valence electrons. The lowest BCUT2D eigenvalue weighted by atomic mass is 10.0. The summed E-state index contributed by atoms with van der Waals surface area (Å²) >= 11 is 6.01. The first kappa shape index (κ1) is 16.7. The van der Waals surface area contributed by atoms with E-state index in [2.05, 4.69) is 10.4 Å². The maximum Gasteiger partial charge on any atom is 0.345 e. The third kappa shape index (κ3) is 3.20. The molecule has 0 aliphatic carbocycles. The number of carboxylic acids is 1. The molecule has 9 heteroatoms. The molecule has 2 N–H and O–H groups in total. The van der Waals surface area contributed by atoms with E-state index in [1.54, 1.807) is 6.07 Å². The van der Waals surface area contributed by atoms with Crippen molar-refractivity contribution in [1.82, 2.24) is 15.1 Å². The molecule has 4 rings (SSSR count). The van der Waals surface area contributed by atoms with Gasteiger partial charge in [-0.3, -0.25) is 4.79 Å². The van der Waals surface area contributed by atoms with Crippen LogP contribution in [0.4, 0.5) is 0 Å². The molecule has 1 aromatic carbocycles. The number of halogens is 1. The molecule has 0 radical (unpaired) electrons. The zero-order valence-corrected chi connectivity index (χ0v) is 14.4. The number of benzene rings is 1. The molecule has 0 fully saturated rings. The van der Waals surface area contributed by atoms with Crippen LogP contribution in [0.3, 0.4) is 0 Å². The van der Waals surface area contributed by atoms with E-state index in [0.29, 0.717) is 31.0 Å². The number of aliphatic carboxylic acids is 1. The number of aryl methyl sites for hydroxylation is 1. The highest BCUT2D eigenvalue weighted by Crippen LogP contribution is 2.28. The Hall–Kier alpha value is -2.74. The average molecular weight is 378 g/mol. The number of hydrogen-bond acceptors (Lipinski definition) is 5. The molecule has 1 unspecified atom stereocenters. The first-order valence-corrected chi connectivity index (χ1v) is 8.57. The molecule has 3 heterocycles. The van der Waals surface area contributed by atoms with Crippen LogP contribution in [0.2, 0.25) is 5.02 Å². The lowest BCUT2D eigenvalue weighted by molar-refractivity contribution is -0.146. The number of ether oxygens (including phenoxy) is 2. The van der Waals surface area contributed by atoms with Crippen LogP contribution in [-0.2, 0) is 17.8 Å². The minimum Gasteiger partial charge on any atom is -0.491 e. The Labute approximate surface area is 153 Å². The van der Waals surface area contributed by atoms with Crippen LogP contribution in [0.1, 0.15) is 22.5 Å². The third-order valence-corrected chi connectivity index (χ3v) is 4.62. The van der Waals surface area contributed by atoms with Crippen molar-refractivity contribution in [2.45, 2.75) is 31.5 Å². The van der Waals surface area contributed by atoms with E-state index in [9.17, 15) is 9.59 Å². The van der Waals surface area contributed by atoms with Crippen LogP contribution in [0.5, 0.6) is 11.6 Å². The number of carboxylic acid groups (broad SMARTS) is 1. The molecule has 2 aliphatic rings. The van der Waals surface area contributed by atoms with Crippen LogP contribution in [-0.4, -0.2) is 45.5 Å². The zero-order valence-electron chi connectivity index (χ0n) is 13.6. The molecular weight excluding hydrogens is 362 g/mol. The van der Waals surface area contributed by atoms with E-state index < -0.39 is 12.1 Å².